The number of carbonyl (C=O) groups excluding carboxylic acids is 1. The second-order valence-electron chi connectivity index (χ2n) is 5.10. The molecule has 0 saturated heterocycles. The topological polar surface area (TPSA) is 59.0 Å². The Morgan fingerprint density at radius 3 is 2.71 bits per heavy atom. The van der Waals surface area contributed by atoms with Crippen molar-refractivity contribution in [1.82, 2.24) is 19.9 Å². The van der Waals surface area contributed by atoms with Gasteiger partial charge < -0.3 is 4.90 Å². The third-order valence-corrected chi connectivity index (χ3v) is 3.99. The molecule has 2 aromatic heterocycles. The van der Waals surface area contributed by atoms with Crippen molar-refractivity contribution in [2.75, 3.05) is 7.05 Å². The van der Waals surface area contributed by atoms with Crippen LogP contribution in [0.1, 0.15) is 46.8 Å². The maximum absolute atomic E-state index is 12.5. The van der Waals surface area contributed by atoms with Gasteiger partial charge in [-0.3, -0.25) is 4.79 Å². The molecule has 1 amide bonds. The molecule has 2 rings (SSSR count). The lowest BCUT2D eigenvalue weighted by molar-refractivity contribution is 0.0777. The van der Waals surface area contributed by atoms with E-state index in [4.69, 9.17) is 11.6 Å². The molecule has 2 aromatic rings. The number of carbonyl (C=O) groups is 1. The molecule has 0 radical (unpaired) electrons. The van der Waals surface area contributed by atoms with E-state index in [1.54, 1.807) is 23.3 Å². The standard InChI is InChI=1S/C14H17ClN4OS/c1-8(2)13-16-5-11(15)12(18-13)14(20)19(4)6-10-7-21-9(3)17-10/h5,7-8H,6H2,1-4H3. The van der Waals surface area contributed by atoms with Gasteiger partial charge in [0.05, 0.1) is 28.5 Å². The summed E-state index contributed by atoms with van der Waals surface area (Å²) in [5.74, 6) is 0.524. The molecule has 0 fully saturated rings. The first kappa shape index (κ1) is 15.9. The summed E-state index contributed by atoms with van der Waals surface area (Å²) >= 11 is 7.62. The molecule has 2 heterocycles. The van der Waals surface area contributed by atoms with E-state index in [9.17, 15) is 4.79 Å². The van der Waals surface area contributed by atoms with Gasteiger partial charge in [0.2, 0.25) is 0 Å². The zero-order chi connectivity index (χ0) is 15.6. The van der Waals surface area contributed by atoms with Crippen LogP contribution < -0.4 is 0 Å². The minimum Gasteiger partial charge on any atom is -0.334 e. The second kappa shape index (κ2) is 6.49. The Morgan fingerprint density at radius 2 is 2.14 bits per heavy atom. The summed E-state index contributed by atoms with van der Waals surface area (Å²) < 4.78 is 0. The van der Waals surface area contributed by atoms with Crippen molar-refractivity contribution in [2.45, 2.75) is 33.2 Å². The predicted octanol–water partition coefficient (Wildman–Crippen LogP) is 3.29. The Morgan fingerprint density at radius 1 is 1.43 bits per heavy atom. The molecular formula is C14H17ClN4OS. The Kier molecular flexibility index (Phi) is 4.90. The highest BCUT2D eigenvalue weighted by Crippen LogP contribution is 2.18. The van der Waals surface area contributed by atoms with Crippen LogP contribution >= 0.6 is 22.9 Å². The van der Waals surface area contributed by atoms with Gasteiger partial charge in [0.1, 0.15) is 5.82 Å². The third kappa shape index (κ3) is 3.77. The fraction of sp³-hybridized carbons (Fsp3) is 0.429. The Labute approximate surface area is 133 Å². The van der Waals surface area contributed by atoms with Gasteiger partial charge in [-0.2, -0.15) is 0 Å². The van der Waals surface area contributed by atoms with E-state index in [0.717, 1.165) is 10.7 Å². The monoisotopic (exact) mass is 324 g/mol. The molecule has 0 aromatic carbocycles. The van der Waals surface area contributed by atoms with Crippen LogP contribution in [0.5, 0.6) is 0 Å². The first-order valence-electron chi connectivity index (χ1n) is 6.57. The average Bonchev–Trinajstić information content (AvgIpc) is 2.83. The van der Waals surface area contributed by atoms with Crippen LogP contribution in [0.4, 0.5) is 0 Å². The molecule has 0 saturated carbocycles. The van der Waals surface area contributed by atoms with E-state index in [0.29, 0.717) is 12.4 Å². The number of rotatable bonds is 4. The van der Waals surface area contributed by atoms with Gasteiger partial charge in [0.15, 0.2) is 5.69 Å². The van der Waals surface area contributed by atoms with Crippen LogP contribution in [0.2, 0.25) is 5.02 Å². The smallest absolute Gasteiger partial charge is 0.274 e. The first-order valence-corrected chi connectivity index (χ1v) is 7.83. The minimum absolute atomic E-state index is 0.139. The molecule has 21 heavy (non-hydrogen) atoms. The maximum atomic E-state index is 12.5. The van der Waals surface area contributed by atoms with Crippen molar-refractivity contribution in [1.29, 1.82) is 0 Å². The number of halogens is 1. The van der Waals surface area contributed by atoms with Crippen molar-refractivity contribution < 1.29 is 4.79 Å². The summed E-state index contributed by atoms with van der Waals surface area (Å²) in [5.41, 5.74) is 1.10. The van der Waals surface area contributed by atoms with Crippen molar-refractivity contribution in [3.05, 3.63) is 38.8 Å². The van der Waals surface area contributed by atoms with Crippen LogP contribution in [0.25, 0.3) is 0 Å². The third-order valence-electron chi connectivity index (χ3n) is 2.89. The van der Waals surface area contributed by atoms with Gasteiger partial charge in [0, 0.05) is 18.3 Å². The summed E-state index contributed by atoms with van der Waals surface area (Å²) in [7, 11) is 1.71. The van der Waals surface area contributed by atoms with Crippen molar-refractivity contribution in [2.24, 2.45) is 0 Å². The Balaban J connectivity index is 2.20. The summed E-state index contributed by atoms with van der Waals surface area (Å²) in [5, 5.41) is 3.19. The Hall–Kier alpha value is -1.53. The number of hydrogen-bond donors (Lipinski definition) is 0. The molecule has 7 heteroatoms. The predicted molar refractivity (Wildman–Crippen MR) is 83.8 cm³/mol. The molecule has 0 aliphatic rings. The Bertz CT molecular complexity index is 656. The van der Waals surface area contributed by atoms with Crippen molar-refractivity contribution in [3.8, 4) is 0 Å². The van der Waals surface area contributed by atoms with Gasteiger partial charge >= 0.3 is 0 Å². The molecule has 0 atom stereocenters. The van der Waals surface area contributed by atoms with Crippen LogP contribution in [0.15, 0.2) is 11.6 Å². The molecule has 0 aliphatic carbocycles. The van der Waals surface area contributed by atoms with E-state index in [1.165, 1.54) is 6.20 Å². The number of aryl methyl sites for hydroxylation is 1. The summed E-state index contributed by atoms with van der Waals surface area (Å²) in [6, 6.07) is 0. The van der Waals surface area contributed by atoms with E-state index >= 15 is 0 Å². The molecule has 0 unspecified atom stereocenters. The highest BCUT2D eigenvalue weighted by Gasteiger charge is 2.19. The summed E-state index contributed by atoms with van der Waals surface area (Å²) in [4.78, 5) is 26.8. The van der Waals surface area contributed by atoms with Crippen molar-refractivity contribution >= 4 is 28.8 Å². The molecule has 0 bridgehead atoms. The normalized spacial score (nSPS) is 11.0. The molecular weight excluding hydrogens is 308 g/mol. The second-order valence-corrected chi connectivity index (χ2v) is 6.57. The number of nitrogens with zero attached hydrogens (tertiary/aromatic N) is 4. The lowest BCUT2D eigenvalue weighted by Crippen LogP contribution is -2.28. The number of aromatic nitrogens is 3. The van der Waals surface area contributed by atoms with Gasteiger partial charge in [-0.15, -0.1) is 11.3 Å². The highest BCUT2D eigenvalue weighted by atomic mass is 35.5. The summed E-state index contributed by atoms with van der Waals surface area (Å²) in [6.45, 7) is 6.31. The highest BCUT2D eigenvalue weighted by molar-refractivity contribution is 7.09. The van der Waals surface area contributed by atoms with Crippen LogP contribution in [0.3, 0.4) is 0 Å². The first-order chi connectivity index (χ1) is 9.88. The van der Waals surface area contributed by atoms with Gasteiger partial charge in [-0.25, -0.2) is 15.0 Å². The maximum Gasteiger partial charge on any atom is 0.274 e. The van der Waals surface area contributed by atoms with E-state index in [1.807, 2.05) is 26.2 Å². The van der Waals surface area contributed by atoms with E-state index < -0.39 is 0 Å². The molecule has 5 nitrogen and oxygen atoms in total. The minimum atomic E-state index is -0.227. The fourth-order valence-corrected chi connectivity index (χ4v) is 2.56. The lowest BCUT2D eigenvalue weighted by Gasteiger charge is -2.16. The molecule has 0 N–H and O–H groups in total. The average molecular weight is 325 g/mol. The molecule has 0 spiro atoms. The number of hydrogen-bond acceptors (Lipinski definition) is 5. The fourth-order valence-electron chi connectivity index (χ4n) is 1.79. The van der Waals surface area contributed by atoms with Crippen LogP contribution in [-0.2, 0) is 6.54 Å². The van der Waals surface area contributed by atoms with E-state index in [2.05, 4.69) is 15.0 Å². The molecule has 112 valence electrons. The SMILES string of the molecule is Cc1nc(CN(C)C(=O)c2nc(C(C)C)ncc2Cl)cs1. The zero-order valence-corrected chi connectivity index (χ0v) is 14.0. The molecule has 0 aliphatic heterocycles. The van der Waals surface area contributed by atoms with Gasteiger partial charge in [0.25, 0.3) is 5.91 Å². The number of thiazole rings is 1. The van der Waals surface area contributed by atoms with Crippen LogP contribution in [0, 0.1) is 6.92 Å². The van der Waals surface area contributed by atoms with Crippen molar-refractivity contribution in [3.63, 3.8) is 0 Å². The van der Waals surface area contributed by atoms with Gasteiger partial charge in [-0.05, 0) is 6.92 Å². The van der Waals surface area contributed by atoms with E-state index in [-0.39, 0.29) is 22.5 Å². The largest absolute Gasteiger partial charge is 0.334 e. The number of amides is 1. The lowest BCUT2D eigenvalue weighted by atomic mass is 10.2. The zero-order valence-electron chi connectivity index (χ0n) is 12.4. The summed E-state index contributed by atoms with van der Waals surface area (Å²) in [6.07, 6.45) is 1.48. The van der Waals surface area contributed by atoms with Crippen LogP contribution in [-0.4, -0.2) is 32.8 Å². The quantitative estimate of drug-likeness (QED) is 0.866. The van der Waals surface area contributed by atoms with Gasteiger partial charge in [-0.1, -0.05) is 25.4 Å².